The molecule has 0 N–H and O–H groups in total. The molecular weight excluding hydrogens is 238 g/mol. The third kappa shape index (κ3) is 2.52. The fraction of sp³-hybridized carbons (Fsp3) is 0.500. The largest absolute Gasteiger partial charge is 0.460 e. The zero-order valence-electron chi connectivity index (χ0n) is 10.1. The highest BCUT2D eigenvalue weighted by Crippen LogP contribution is 2.44. The molecule has 0 spiro atoms. The summed E-state index contributed by atoms with van der Waals surface area (Å²) in [5.41, 5.74) is -0.748. The lowest BCUT2D eigenvalue weighted by Crippen LogP contribution is -2.37. The first kappa shape index (κ1) is 13.0. The van der Waals surface area contributed by atoms with Gasteiger partial charge in [0.05, 0.1) is 0 Å². The Labute approximate surface area is 105 Å². The van der Waals surface area contributed by atoms with Gasteiger partial charge in [-0.3, -0.25) is 4.79 Å². The number of hydrogen-bond acceptors (Lipinski definition) is 2. The van der Waals surface area contributed by atoms with Crippen LogP contribution in [0.5, 0.6) is 0 Å². The number of carbonyl (C=O) groups is 1. The van der Waals surface area contributed by atoms with Crippen molar-refractivity contribution >= 4 is 5.97 Å². The molecule has 0 unspecified atom stereocenters. The van der Waals surface area contributed by atoms with Crippen molar-refractivity contribution in [2.45, 2.75) is 38.7 Å². The zero-order valence-corrected chi connectivity index (χ0v) is 10.1. The first-order valence-electron chi connectivity index (χ1n) is 6.14. The maximum Gasteiger partial charge on any atom is 0.318 e. The molecule has 0 atom stereocenters. The van der Waals surface area contributed by atoms with Gasteiger partial charge in [0.15, 0.2) is 0 Å². The number of hydrogen-bond donors (Lipinski definition) is 0. The number of benzene rings is 1. The second kappa shape index (κ2) is 5.46. The second-order valence-electron chi connectivity index (χ2n) is 4.73. The van der Waals surface area contributed by atoms with Crippen molar-refractivity contribution in [3.63, 3.8) is 0 Å². The van der Waals surface area contributed by atoms with E-state index < -0.39 is 17.8 Å². The summed E-state index contributed by atoms with van der Waals surface area (Å²) in [7, 11) is 0. The summed E-state index contributed by atoms with van der Waals surface area (Å²) in [6.07, 6.45) is -0.824. The number of esters is 1. The van der Waals surface area contributed by atoms with Gasteiger partial charge in [-0.1, -0.05) is 43.2 Å². The van der Waals surface area contributed by atoms with E-state index in [1.165, 1.54) is 0 Å². The normalized spacial score (nSPS) is 17.9. The van der Waals surface area contributed by atoms with E-state index in [1.54, 1.807) is 12.1 Å². The first-order valence-corrected chi connectivity index (χ1v) is 6.14. The topological polar surface area (TPSA) is 26.3 Å². The van der Waals surface area contributed by atoms with Crippen LogP contribution >= 0.6 is 0 Å². The van der Waals surface area contributed by atoms with Gasteiger partial charge in [-0.05, 0) is 18.4 Å². The van der Waals surface area contributed by atoms with E-state index in [0.717, 1.165) is 5.56 Å². The summed E-state index contributed by atoms with van der Waals surface area (Å²) in [4.78, 5) is 11.9. The smallest absolute Gasteiger partial charge is 0.318 e. The number of carbonyl (C=O) groups excluding carboxylic acids is 1. The minimum Gasteiger partial charge on any atom is -0.460 e. The van der Waals surface area contributed by atoms with Crippen LogP contribution in [0, 0.1) is 5.41 Å². The van der Waals surface area contributed by atoms with E-state index in [2.05, 4.69) is 0 Å². The number of halogens is 2. The Hall–Kier alpha value is -1.45. The van der Waals surface area contributed by atoms with E-state index in [9.17, 15) is 13.6 Å². The Morgan fingerprint density at radius 1 is 1.22 bits per heavy atom. The average Bonchev–Trinajstić information content (AvgIpc) is 2.88. The van der Waals surface area contributed by atoms with Gasteiger partial charge in [-0.25, -0.2) is 8.78 Å². The maximum absolute atomic E-state index is 13.1. The second-order valence-corrected chi connectivity index (χ2v) is 4.73. The molecule has 98 valence electrons. The zero-order chi connectivity index (χ0) is 13.0. The summed E-state index contributed by atoms with van der Waals surface area (Å²) < 4.78 is 31.2. The quantitative estimate of drug-likeness (QED) is 0.768. The minimum atomic E-state index is -2.64. The highest BCUT2D eigenvalue weighted by molar-refractivity contribution is 5.77. The van der Waals surface area contributed by atoms with Crippen molar-refractivity contribution in [1.82, 2.24) is 0 Å². The lowest BCUT2D eigenvalue weighted by Gasteiger charge is -2.25. The van der Waals surface area contributed by atoms with Crippen LogP contribution < -0.4 is 0 Å². The standard InChI is InChI=1S/C14H16F2O2/c15-12(16)14(8-4-5-9-14)13(17)18-10-11-6-2-1-3-7-11/h1-3,6-7,12H,4-5,8-10H2. The van der Waals surface area contributed by atoms with Crippen molar-refractivity contribution in [3.8, 4) is 0 Å². The van der Waals surface area contributed by atoms with Crippen molar-refractivity contribution in [1.29, 1.82) is 0 Å². The molecule has 0 aliphatic heterocycles. The lowest BCUT2D eigenvalue weighted by molar-refractivity contribution is -0.167. The van der Waals surface area contributed by atoms with Crippen LogP contribution in [0.4, 0.5) is 8.78 Å². The van der Waals surface area contributed by atoms with Crippen molar-refractivity contribution < 1.29 is 18.3 Å². The lowest BCUT2D eigenvalue weighted by atomic mass is 9.87. The fourth-order valence-electron chi connectivity index (χ4n) is 2.38. The molecule has 2 rings (SSSR count). The van der Waals surface area contributed by atoms with Crippen molar-refractivity contribution in [2.24, 2.45) is 5.41 Å². The average molecular weight is 254 g/mol. The molecule has 4 heteroatoms. The van der Waals surface area contributed by atoms with Crippen LogP contribution in [0.2, 0.25) is 0 Å². The fourth-order valence-corrected chi connectivity index (χ4v) is 2.38. The summed E-state index contributed by atoms with van der Waals surface area (Å²) in [5, 5.41) is 0. The molecule has 0 aromatic heterocycles. The van der Waals surface area contributed by atoms with Gasteiger partial charge in [0.25, 0.3) is 6.43 Å². The van der Waals surface area contributed by atoms with Gasteiger partial charge in [0, 0.05) is 0 Å². The van der Waals surface area contributed by atoms with Gasteiger partial charge < -0.3 is 4.74 Å². The first-order chi connectivity index (χ1) is 8.65. The SMILES string of the molecule is O=C(OCc1ccccc1)C1(C(F)F)CCCC1. The Bertz CT molecular complexity index is 398. The van der Waals surface area contributed by atoms with E-state index in [-0.39, 0.29) is 19.4 Å². The highest BCUT2D eigenvalue weighted by Gasteiger charge is 2.50. The predicted octanol–water partition coefficient (Wildman–Crippen LogP) is 3.56. The molecule has 0 radical (unpaired) electrons. The number of alkyl halides is 2. The van der Waals surface area contributed by atoms with Crippen LogP contribution in [0.25, 0.3) is 0 Å². The Balaban J connectivity index is 1.98. The van der Waals surface area contributed by atoms with Gasteiger partial charge in [-0.2, -0.15) is 0 Å². The third-order valence-corrected chi connectivity index (χ3v) is 3.53. The van der Waals surface area contributed by atoms with Crippen LogP contribution in [-0.4, -0.2) is 12.4 Å². The molecular formula is C14H16F2O2. The summed E-state index contributed by atoms with van der Waals surface area (Å²) in [6.45, 7) is 0.0636. The number of rotatable bonds is 4. The van der Waals surface area contributed by atoms with E-state index in [0.29, 0.717) is 12.8 Å². The predicted molar refractivity (Wildman–Crippen MR) is 63.1 cm³/mol. The van der Waals surface area contributed by atoms with Gasteiger partial charge in [0.1, 0.15) is 12.0 Å². The van der Waals surface area contributed by atoms with E-state index in [4.69, 9.17) is 4.74 Å². The molecule has 1 aromatic carbocycles. The van der Waals surface area contributed by atoms with Gasteiger partial charge in [-0.15, -0.1) is 0 Å². The summed E-state index contributed by atoms with van der Waals surface area (Å²) >= 11 is 0. The molecule has 1 aromatic rings. The maximum atomic E-state index is 13.1. The molecule has 18 heavy (non-hydrogen) atoms. The molecule has 1 aliphatic rings. The Morgan fingerprint density at radius 2 is 1.83 bits per heavy atom. The van der Waals surface area contributed by atoms with Gasteiger partial charge >= 0.3 is 5.97 Å². The molecule has 1 saturated carbocycles. The van der Waals surface area contributed by atoms with Crippen LogP contribution in [0.1, 0.15) is 31.2 Å². The van der Waals surface area contributed by atoms with Crippen LogP contribution in [-0.2, 0) is 16.1 Å². The molecule has 0 saturated heterocycles. The van der Waals surface area contributed by atoms with Crippen LogP contribution in [0.15, 0.2) is 30.3 Å². The molecule has 1 fully saturated rings. The Morgan fingerprint density at radius 3 is 2.39 bits per heavy atom. The van der Waals surface area contributed by atoms with Gasteiger partial charge in [0.2, 0.25) is 0 Å². The van der Waals surface area contributed by atoms with Crippen LogP contribution in [0.3, 0.4) is 0 Å². The Kier molecular flexibility index (Phi) is 3.94. The number of ether oxygens (including phenoxy) is 1. The minimum absolute atomic E-state index is 0.0636. The molecule has 0 bridgehead atoms. The molecule has 1 aliphatic carbocycles. The molecule has 2 nitrogen and oxygen atoms in total. The highest BCUT2D eigenvalue weighted by atomic mass is 19.3. The summed E-state index contributed by atoms with van der Waals surface area (Å²) in [6, 6.07) is 9.10. The van der Waals surface area contributed by atoms with Crippen molar-refractivity contribution in [3.05, 3.63) is 35.9 Å². The molecule has 0 heterocycles. The molecule has 0 amide bonds. The van der Waals surface area contributed by atoms with Crippen molar-refractivity contribution in [2.75, 3.05) is 0 Å². The monoisotopic (exact) mass is 254 g/mol. The third-order valence-electron chi connectivity index (χ3n) is 3.53. The van der Waals surface area contributed by atoms with E-state index >= 15 is 0 Å². The summed E-state index contributed by atoms with van der Waals surface area (Å²) in [5.74, 6) is -0.751. The van der Waals surface area contributed by atoms with E-state index in [1.807, 2.05) is 18.2 Å².